The molecule has 0 radical (unpaired) electrons. The molecule has 0 bridgehead atoms. The summed E-state index contributed by atoms with van der Waals surface area (Å²) in [6.45, 7) is 8.93. The lowest BCUT2D eigenvalue weighted by Gasteiger charge is -2.26. The van der Waals surface area contributed by atoms with Gasteiger partial charge in [-0.1, -0.05) is 48.2 Å². The molecule has 0 aliphatic carbocycles. The molecule has 2 aromatic carbocycles. The van der Waals surface area contributed by atoms with E-state index in [1.165, 1.54) is 4.90 Å². The highest BCUT2D eigenvalue weighted by molar-refractivity contribution is 5.97. The van der Waals surface area contributed by atoms with Gasteiger partial charge in [0.1, 0.15) is 18.8 Å². The third kappa shape index (κ3) is 9.24. The Bertz CT molecular complexity index is 1190. The molecule has 8 heteroatoms. The van der Waals surface area contributed by atoms with Crippen LogP contribution < -0.4 is 0 Å². The van der Waals surface area contributed by atoms with Crippen molar-refractivity contribution >= 4 is 17.7 Å². The van der Waals surface area contributed by atoms with Crippen molar-refractivity contribution < 1.29 is 24.2 Å². The van der Waals surface area contributed by atoms with E-state index in [9.17, 15) is 19.5 Å². The van der Waals surface area contributed by atoms with E-state index in [1.807, 2.05) is 44.2 Å². The number of aliphatic hydroxyl groups is 1. The lowest BCUT2D eigenvalue weighted by atomic mass is 10.1. The maximum Gasteiger partial charge on any atom is 0.254 e. The van der Waals surface area contributed by atoms with Gasteiger partial charge in [0, 0.05) is 43.9 Å². The molecule has 0 spiro atoms. The van der Waals surface area contributed by atoms with Gasteiger partial charge in [0.15, 0.2) is 0 Å². The fourth-order valence-electron chi connectivity index (χ4n) is 4.36. The standard InChI is InChI=1S/C31H39N3O5/c1-5-32(6-2)29(36)23-39-27-20-33(18-16-24-11-8-7-9-12-24)28(35)22-34(21-27)30(37)26-14-10-13-25(19-26)15-17-31(3,4)38/h7-14,19,27,38H,5-6,16,18,20-23H2,1-4H3/t27-/m1/s1. The van der Waals surface area contributed by atoms with Gasteiger partial charge in [-0.3, -0.25) is 14.4 Å². The molecule has 39 heavy (non-hydrogen) atoms. The quantitative estimate of drug-likeness (QED) is 0.501. The second kappa shape index (κ2) is 13.9. The average molecular weight is 534 g/mol. The van der Waals surface area contributed by atoms with Crippen molar-refractivity contribution in [2.45, 2.75) is 45.8 Å². The molecule has 1 saturated heterocycles. The smallest absolute Gasteiger partial charge is 0.254 e. The zero-order valence-electron chi connectivity index (χ0n) is 23.4. The minimum atomic E-state index is -1.16. The van der Waals surface area contributed by atoms with Crippen LogP contribution in [-0.2, 0) is 20.7 Å². The minimum absolute atomic E-state index is 0.0863. The fourth-order valence-corrected chi connectivity index (χ4v) is 4.36. The van der Waals surface area contributed by atoms with Crippen LogP contribution in [-0.4, -0.2) is 95.1 Å². The third-order valence-electron chi connectivity index (χ3n) is 6.51. The van der Waals surface area contributed by atoms with Gasteiger partial charge in [0.2, 0.25) is 11.8 Å². The van der Waals surface area contributed by atoms with Gasteiger partial charge in [-0.25, -0.2) is 0 Å². The van der Waals surface area contributed by atoms with Crippen molar-refractivity contribution in [2.24, 2.45) is 0 Å². The minimum Gasteiger partial charge on any atom is -0.378 e. The molecule has 1 heterocycles. The highest BCUT2D eigenvalue weighted by Gasteiger charge is 2.32. The van der Waals surface area contributed by atoms with Gasteiger partial charge in [-0.05, 0) is 57.9 Å². The predicted molar refractivity (Wildman–Crippen MR) is 150 cm³/mol. The summed E-state index contributed by atoms with van der Waals surface area (Å²) in [7, 11) is 0. The van der Waals surface area contributed by atoms with Crippen LogP contribution in [0.2, 0.25) is 0 Å². The molecule has 8 nitrogen and oxygen atoms in total. The third-order valence-corrected chi connectivity index (χ3v) is 6.51. The Morgan fingerprint density at radius 2 is 1.79 bits per heavy atom. The van der Waals surface area contributed by atoms with E-state index in [1.54, 1.807) is 47.9 Å². The maximum absolute atomic E-state index is 13.5. The van der Waals surface area contributed by atoms with Crippen LogP contribution in [0.3, 0.4) is 0 Å². The van der Waals surface area contributed by atoms with E-state index in [0.29, 0.717) is 37.2 Å². The monoisotopic (exact) mass is 533 g/mol. The van der Waals surface area contributed by atoms with Crippen molar-refractivity contribution in [1.82, 2.24) is 14.7 Å². The number of nitrogens with zero attached hydrogens (tertiary/aromatic N) is 3. The first-order valence-electron chi connectivity index (χ1n) is 13.5. The molecule has 1 aliphatic heterocycles. The van der Waals surface area contributed by atoms with Crippen molar-refractivity contribution in [2.75, 3.05) is 45.9 Å². The van der Waals surface area contributed by atoms with Crippen molar-refractivity contribution in [3.63, 3.8) is 0 Å². The van der Waals surface area contributed by atoms with Gasteiger partial charge >= 0.3 is 0 Å². The van der Waals surface area contributed by atoms with E-state index >= 15 is 0 Å². The van der Waals surface area contributed by atoms with Crippen LogP contribution >= 0.6 is 0 Å². The number of likely N-dealkylation sites (N-methyl/N-ethyl adjacent to an activating group) is 1. The number of carbonyl (C=O) groups excluding carboxylic acids is 3. The Hall–Kier alpha value is -3.67. The summed E-state index contributed by atoms with van der Waals surface area (Å²) in [4.78, 5) is 44.4. The molecule has 1 N–H and O–H groups in total. The first-order valence-corrected chi connectivity index (χ1v) is 13.5. The summed E-state index contributed by atoms with van der Waals surface area (Å²) in [5.74, 6) is 5.04. The maximum atomic E-state index is 13.5. The number of carbonyl (C=O) groups is 3. The highest BCUT2D eigenvalue weighted by atomic mass is 16.5. The number of hydrogen-bond acceptors (Lipinski definition) is 5. The summed E-state index contributed by atoms with van der Waals surface area (Å²) in [5.41, 5.74) is 0.931. The molecule has 2 aromatic rings. The van der Waals surface area contributed by atoms with Crippen molar-refractivity contribution in [1.29, 1.82) is 0 Å². The fraction of sp³-hybridized carbons (Fsp3) is 0.452. The summed E-state index contributed by atoms with van der Waals surface area (Å²) in [6.07, 6.45) is 0.155. The summed E-state index contributed by atoms with van der Waals surface area (Å²) >= 11 is 0. The normalized spacial score (nSPS) is 15.8. The molecular weight excluding hydrogens is 494 g/mol. The Balaban J connectivity index is 1.80. The van der Waals surface area contributed by atoms with E-state index in [2.05, 4.69) is 11.8 Å². The van der Waals surface area contributed by atoms with Crippen LogP contribution in [0.5, 0.6) is 0 Å². The summed E-state index contributed by atoms with van der Waals surface area (Å²) < 4.78 is 6.03. The van der Waals surface area contributed by atoms with E-state index in [0.717, 1.165) is 5.56 Å². The zero-order chi connectivity index (χ0) is 28.4. The van der Waals surface area contributed by atoms with Crippen LogP contribution in [0.15, 0.2) is 54.6 Å². The Kier molecular flexibility index (Phi) is 10.7. The number of rotatable bonds is 9. The molecule has 208 valence electrons. The van der Waals surface area contributed by atoms with E-state index in [4.69, 9.17) is 4.74 Å². The zero-order valence-corrected chi connectivity index (χ0v) is 23.4. The number of amides is 3. The predicted octanol–water partition coefficient (Wildman–Crippen LogP) is 2.59. The van der Waals surface area contributed by atoms with Gasteiger partial charge in [0.05, 0.1) is 6.10 Å². The molecule has 1 fully saturated rings. The van der Waals surface area contributed by atoms with E-state index in [-0.39, 0.29) is 44.0 Å². The van der Waals surface area contributed by atoms with Gasteiger partial charge < -0.3 is 24.5 Å². The SMILES string of the molecule is CCN(CC)C(=O)CO[C@@H]1CN(CCc2ccccc2)C(=O)CN(C(=O)c2cccc(C#CC(C)(C)O)c2)C1. The van der Waals surface area contributed by atoms with Crippen molar-refractivity contribution in [3.8, 4) is 11.8 Å². The molecule has 3 rings (SSSR count). The highest BCUT2D eigenvalue weighted by Crippen LogP contribution is 2.15. The van der Waals surface area contributed by atoms with Crippen LogP contribution in [0.4, 0.5) is 0 Å². The molecule has 0 aromatic heterocycles. The first kappa shape index (κ1) is 29.9. The molecule has 3 amide bonds. The van der Waals surface area contributed by atoms with E-state index < -0.39 is 11.7 Å². The lowest BCUT2D eigenvalue weighted by Crippen LogP contribution is -2.41. The lowest BCUT2D eigenvalue weighted by molar-refractivity contribution is -0.138. The number of ether oxygens (including phenoxy) is 1. The number of hydrogen-bond donors (Lipinski definition) is 1. The summed E-state index contributed by atoms with van der Waals surface area (Å²) in [6, 6.07) is 16.7. The molecule has 0 saturated carbocycles. The summed E-state index contributed by atoms with van der Waals surface area (Å²) in [5, 5.41) is 9.92. The van der Waals surface area contributed by atoms with Crippen LogP contribution in [0.1, 0.15) is 49.2 Å². The first-order chi connectivity index (χ1) is 18.6. The van der Waals surface area contributed by atoms with Gasteiger partial charge in [0.25, 0.3) is 5.91 Å². The Labute approximate surface area is 231 Å². The average Bonchev–Trinajstić information content (AvgIpc) is 3.08. The van der Waals surface area contributed by atoms with Crippen molar-refractivity contribution in [3.05, 3.63) is 71.3 Å². The van der Waals surface area contributed by atoms with Crippen LogP contribution in [0.25, 0.3) is 0 Å². The molecule has 1 atom stereocenters. The second-order valence-electron chi connectivity index (χ2n) is 10.1. The molecule has 1 aliphatic rings. The van der Waals surface area contributed by atoms with Gasteiger partial charge in [-0.15, -0.1) is 0 Å². The molecular formula is C31H39N3O5. The topological polar surface area (TPSA) is 90.4 Å². The van der Waals surface area contributed by atoms with Gasteiger partial charge in [-0.2, -0.15) is 0 Å². The largest absolute Gasteiger partial charge is 0.378 e. The second-order valence-corrected chi connectivity index (χ2v) is 10.1. The van der Waals surface area contributed by atoms with Crippen LogP contribution in [0, 0.1) is 11.8 Å². The number of benzene rings is 2. The molecule has 0 unspecified atom stereocenters. The Morgan fingerprint density at radius 3 is 2.46 bits per heavy atom. The Morgan fingerprint density at radius 1 is 1.08 bits per heavy atom.